The van der Waals surface area contributed by atoms with Crippen LogP contribution in [0.3, 0.4) is 0 Å². The number of aliphatic hydroxyl groups is 1. The summed E-state index contributed by atoms with van der Waals surface area (Å²) in [6, 6.07) is 8.43. The Bertz CT molecular complexity index is 723. The molecule has 3 nitrogen and oxygen atoms in total. The molecule has 0 aliphatic carbocycles. The highest BCUT2D eigenvalue weighted by molar-refractivity contribution is 8.17. The Hall–Kier alpha value is -1.01. The van der Waals surface area contributed by atoms with Gasteiger partial charge in [-0.3, -0.25) is 4.99 Å². The molecule has 0 bridgehead atoms. The first-order valence-corrected chi connectivity index (χ1v) is 7.88. The molecular weight excluding hydrogens is 312 g/mol. The lowest BCUT2D eigenvalue weighted by atomic mass is 10.1. The summed E-state index contributed by atoms with van der Waals surface area (Å²) in [6.45, 7) is 1.86. The fourth-order valence-corrected chi connectivity index (χ4v) is 4.59. The molecule has 0 saturated heterocycles. The lowest BCUT2D eigenvalue weighted by molar-refractivity contribution is 0.339. The van der Waals surface area contributed by atoms with Crippen molar-refractivity contribution >= 4 is 56.5 Å². The minimum Gasteiger partial charge on any atom is -0.391 e. The number of benzene rings is 1. The number of thioether (sulfide) groups is 1. The smallest absolute Gasteiger partial charge is 0.168 e. The Balaban J connectivity index is 0.00000121. The summed E-state index contributed by atoms with van der Waals surface area (Å²) in [5, 5.41) is 14.1. The van der Waals surface area contributed by atoms with Gasteiger partial charge in [-0.15, -0.1) is 23.7 Å². The van der Waals surface area contributed by atoms with Crippen molar-refractivity contribution in [1.82, 2.24) is 4.90 Å². The Kier molecular flexibility index (Phi) is 3.77. The zero-order valence-electron chi connectivity index (χ0n) is 10.6. The maximum absolute atomic E-state index is 9.61. The molecule has 0 saturated carbocycles. The fourth-order valence-electron chi connectivity index (χ4n) is 2.59. The molecular formula is C14H13ClN2OS2. The third kappa shape index (κ3) is 1.97. The fraction of sp³-hybridized carbons (Fsp3) is 0.214. The van der Waals surface area contributed by atoms with Gasteiger partial charge in [0.05, 0.1) is 18.8 Å². The van der Waals surface area contributed by atoms with Crippen molar-refractivity contribution in [3.63, 3.8) is 0 Å². The number of fused-ring (bicyclic) bond motifs is 2. The van der Waals surface area contributed by atoms with Crippen LogP contribution in [0.4, 0.5) is 0 Å². The summed E-state index contributed by atoms with van der Waals surface area (Å²) < 4.78 is 1.29. The van der Waals surface area contributed by atoms with Crippen LogP contribution in [-0.4, -0.2) is 34.9 Å². The van der Waals surface area contributed by atoms with Crippen LogP contribution in [0.1, 0.15) is 5.56 Å². The molecule has 0 radical (unpaired) electrons. The van der Waals surface area contributed by atoms with Gasteiger partial charge in [0.1, 0.15) is 0 Å². The van der Waals surface area contributed by atoms with E-state index in [1.54, 1.807) is 23.1 Å². The number of aliphatic hydroxyl groups excluding tert-OH is 1. The number of nitrogens with zero attached hydrogens (tertiary/aromatic N) is 2. The SMILES string of the molecule is Cl.OCC1=C(c2csc3ccccc23)N2CCN=C2S1. The van der Waals surface area contributed by atoms with Gasteiger partial charge in [-0.2, -0.15) is 0 Å². The van der Waals surface area contributed by atoms with Gasteiger partial charge >= 0.3 is 0 Å². The molecule has 2 aromatic rings. The Morgan fingerprint density at radius 3 is 3.00 bits per heavy atom. The van der Waals surface area contributed by atoms with Crippen LogP contribution in [0.15, 0.2) is 39.5 Å². The molecule has 3 heterocycles. The van der Waals surface area contributed by atoms with Crippen molar-refractivity contribution in [3.8, 4) is 0 Å². The second kappa shape index (κ2) is 5.41. The van der Waals surface area contributed by atoms with Crippen LogP contribution in [0.2, 0.25) is 0 Å². The summed E-state index contributed by atoms with van der Waals surface area (Å²) >= 11 is 3.36. The van der Waals surface area contributed by atoms with Gasteiger partial charge in [-0.25, -0.2) is 0 Å². The zero-order valence-corrected chi connectivity index (χ0v) is 13.0. The van der Waals surface area contributed by atoms with Crippen molar-refractivity contribution in [2.45, 2.75) is 0 Å². The van der Waals surface area contributed by atoms with E-state index in [4.69, 9.17) is 0 Å². The highest BCUT2D eigenvalue weighted by atomic mass is 35.5. The number of hydrogen-bond donors (Lipinski definition) is 1. The molecule has 2 aliphatic rings. The van der Waals surface area contributed by atoms with Gasteiger partial charge in [-0.05, 0) is 6.07 Å². The Morgan fingerprint density at radius 1 is 1.30 bits per heavy atom. The molecule has 4 rings (SSSR count). The number of rotatable bonds is 2. The number of aliphatic imine (C=N–C) groups is 1. The molecule has 0 fully saturated rings. The van der Waals surface area contributed by atoms with Crippen molar-refractivity contribution < 1.29 is 5.11 Å². The summed E-state index contributed by atoms with van der Waals surface area (Å²) in [5.74, 6) is 0. The average molecular weight is 325 g/mol. The molecule has 0 atom stereocenters. The molecule has 1 aromatic carbocycles. The zero-order chi connectivity index (χ0) is 12.8. The first-order valence-electron chi connectivity index (χ1n) is 6.19. The van der Waals surface area contributed by atoms with E-state index in [-0.39, 0.29) is 19.0 Å². The van der Waals surface area contributed by atoms with Gasteiger partial charge in [0.15, 0.2) is 5.17 Å². The molecule has 1 N–H and O–H groups in total. The molecule has 2 aliphatic heterocycles. The monoisotopic (exact) mass is 324 g/mol. The second-order valence-electron chi connectivity index (χ2n) is 4.49. The van der Waals surface area contributed by atoms with Gasteiger partial charge < -0.3 is 10.0 Å². The van der Waals surface area contributed by atoms with Crippen molar-refractivity contribution in [2.24, 2.45) is 4.99 Å². The van der Waals surface area contributed by atoms with Gasteiger partial charge in [0.25, 0.3) is 0 Å². The second-order valence-corrected chi connectivity index (χ2v) is 6.47. The normalized spacial score (nSPS) is 17.4. The standard InChI is InChI=1S/C14H12N2OS2.ClH/c17-7-12-13(16-6-5-15-14(16)19-12)10-8-18-11-4-2-1-3-9(10)11;/h1-4,8,17H,5-7H2;1H. The predicted molar refractivity (Wildman–Crippen MR) is 89.7 cm³/mol. The van der Waals surface area contributed by atoms with Crippen LogP contribution < -0.4 is 0 Å². The number of thiophene rings is 1. The van der Waals surface area contributed by atoms with E-state index in [0.29, 0.717) is 0 Å². The van der Waals surface area contributed by atoms with E-state index in [1.165, 1.54) is 15.6 Å². The summed E-state index contributed by atoms with van der Waals surface area (Å²) in [6.07, 6.45) is 0. The van der Waals surface area contributed by atoms with E-state index < -0.39 is 0 Å². The van der Waals surface area contributed by atoms with E-state index in [9.17, 15) is 5.11 Å². The van der Waals surface area contributed by atoms with E-state index >= 15 is 0 Å². The van der Waals surface area contributed by atoms with Gasteiger partial charge in [-0.1, -0.05) is 30.0 Å². The molecule has 104 valence electrons. The van der Waals surface area contributed by atoms with E-state index in [1.807, 2.05) is 0 Å². The van der Waals surface area contributed by atoms with Crippen LogP contribution in [0, 0.1) is 0 Å². The molecule has 20 heavy (non-hydrogen) atoms. The van der Waals surface area contributed by atoms with Crippen LogP contribution in [-0.2, 0) is 0 Å². The largest absolute Gasteiger partial charge is 0.391 e. The lowest BCUT2D eigenvalue weighted by Crippen LogP contribution is -2.19. The average Bonchev–Trinajstić information content (AvgIpc) is 3.11. The van der Waals surface area contributed by atoms with Crippen LogP contribution >= 0.6 is 35.5 Å². The minimum atomic E-state index is 0. The number of hydrogen-bond acceptors (Lipinski definition) is 5. The predicted octanol–water partition coefficient (Wildman–Crippen LogP) is 3.40. The number of amidine groups is 1. The maximum Gasteiger partial charge on any atom is 0.168 e. The van der Waals surface area contributed by atoms with E-state index in [2.05, 4.69) is 39.5 Å². The maximum atomic E-state index is 9.61. The molecule has 0 unspecified atom stereocenters. The van der Waals surface area contributed by atoms with Crippen molar-refractivity contribution in [3.05, 3.63) is 40.1 Å². The first kappa shape index (κ1) is 13.9. The Labute approximate surface area is 131 Å². The van der Waals surface area contributed by atoms with Crippen molar-refractivity contribution in [2.75, 3.05) is 19.7 Å². The highest BCUT2D eigenvalue weighted by Crippen LogP contribution is 2.44. The molecule has 0 amide bonds. The third-order valence-corrected chi connectivity index (χ3v) is 5.49. The van der Waals surface area contributed by atoms with Gasteiger partial charge in [0, 0.05) is 32.5 Å². The molecule has 6 heteroatoms. The molecule has 1 aromatic heterocycles. The third-order valence-electron chi connectivity index (χ3n) is 3.43. The summed E-state index contributed by atoms with van der Waals surface area (Å²) in [4.78, 5) is 7.75. The van der Waals surface area contributed by atoms with Crippen molar-refractivity contribution in [1.29, 1.82) is 0 Å². The summed E-state index contributed by atoms with van der Waals surface area (Å²) in [5.41, 5.74) is 2.38. The van der Waals surface area contributed by atoms with Crippen LogP contribution in [0.5, 0.6) is 0 Å². The minimum absolute atomic E-state index is 0. The van der Waals surface area contributed by atoms with E-state index in [0.717, 1.165) is 28.9 Å². The number of halogens is 1. The first-order chi connectivity index (χ1) is 9.38. The highest BCUT2D eigenvalue weighted by Gasteiger charge is 2.33. The molecule has 0 spiro atoms. The van der Waals surface area contributed by atoms with Crippen LogP contribution in [0.25, 0.3) is 15.8 Å². The van der Waals surface area contributed by atoms with Gasteiger partial charge in [0.2, 0.25) is 0 Å². The summed E-state index contributed by atoms with van der Waals surface area (Å²) in [7, 11) is 0. The topological polar surface area (TPSA) is 35.8 Å². The lowest BCUT2D eigenvalue weighted by Gasteiger charge is -2.16. The quantitative estimate of drug-likeness (QED) is 0.919. The Morgan fingerprint density at radius 2 is 2.15 bits per heavy atom.